The van der Waals surface area contributed by atoms with Gasteiger partial charge in [-0.15, -0.1) is 0 Å². The molecule has 4 heteroatoms. The first-order chi connectivity index (χ1) is 10.1. The second-order valence-corrected chi connectivity index (χ2v) is 5.55. The Hall–Kier alpha value is -1.58. The van der Waals surface area contributed by atoms with E-state index in [0.717, 1.165) is 11.6 Å². The third kappa shape index (κ3) is 4.45. The lowest BCUT2D eigenvalue weighted by molar-refractivity contribution is 0.271. The average molecular weight is 307 g/mol. The standard InChI is InChI=1S/C17H20ClFN2/c1-13(14-7-9-15(18)10-8-14)21(2)12-11-20-17-6-4-3-5-16(17)19/h3-10,13,20H,11-12H2,1-2H3. The van der Waals surface area contributed by atoms with Crippen LogP contribution >= 0.6 is 11.6 Å². The molecule has 112 valence electrons. The van der Waals surface area contributed by atoms with E-state index in [0.29, 0.717) is 12.2 Å². The Kier molecular flexibility index (Phi) is 5.59. The molecule has 2 aromatic rings. The molecule has 0 saturated carbocycles. The number of nitrogens with zero attached hydrogens (tertiary/aromatic N) is 1. The number of anilines is 1. The lowest BCUT2D eigenvalue weighted by Gasteiger charge is -2.25. The average Bonchev–Trinajstić information content (AvgIpc) is 2.49. The molecule has 1 N–H and O–H groups in total. The Morgan fingerprint density at radius 1 is 1.14 bits per heavy atom. The molecule has 21 heavy (non-hydrogen) atoms. The number of hydrogen-bond acceptors (Lipinski definition) is 2. The number of benzene rings is 2. The lowest BCUT2D eigenvalue weighted by atomic mass is 10.1. The molecule has 0 aliphatic heterocycles. The summed E-state index contributed by atoms with van der Waals surface area (Å²) in [5, 5.41) is 3.87. The van der Waals surface area contributed by atoms with Gasteiger partial charge in [0.1, 0.15) is 5.82 Å². The molecule has 0 fully saturated rings. The minimum Gasteiger partial charge on any atom is -0.381 e. The highest BCUT2D eigenvalue weighted by Crippen LogP contribution is 2.20. The highest BCUT2D eigenvalue weighted by atomic mass is 35.5. The second-order valence-electron chi connectivity index (χ2n) is 5.11. The zero-order chi connectivity index (χ0) is 15.2. The molecule has 2 aromatic carbocycles. The van der Waals surface area contributed by atoms with Gasteiger partial charge in [-0.25, -0.2) is 4.39 Å². The third-order valence-electron chi connectivity index (χ3n) is 3.67. The van der Waals surface area contributed by atoms with Crippen molar-refractivity contribution in [2.24, 2.45) is 0 Å². The Balaban J connectivity index is 1.85. The molecule has 0 heterocycles. The summed E-state index contributed by atoms with van der Waals surface area (Å²) >= 11 is 5.90. The fourth-order valence-corrected chi connectivity index (χ4v) is 2.29. The van der Waals surface area contributed by atoms with Crippen molar-refractivity contribution in [1.82, 2.24) is 4.90 Å². The minimum atomic E-state index is -0.217. The van der Waals surface area contributed by atoms with Crippen LogP contribution in [-0.4, -0.2) is 25.0 Å². The van der Waals surface area contributed by atoms with Gasteiger partial charge in [-0.1, -0.05) is 35.9 Å². The third-order valence-corrected chi connectivity index (χ3v) is 3.92. The summed E-state index contributed by atoms with van der Waals surface area (Å²) in [7, 11) is 2.06. The number of halogens is 2. The maximum atomic E-state index is 13.5. The van der Waals surface area contributed by atoms with Gasteiger partial charge < -0.3 is 5.32 Å². The molecule has 0 bridgehead atoms. The van der Waals surface area contributed by atoms with Gasteiger partial charge in [0, 0.05) is 24.2 Å². The van der Waals surface area contributed by atoms with E-state index in [1.165, 1.54) is 11.6 Å². The van der Waals surface area contributed by atoms with Crippen LogP contribution in [0.4, 0.5) is 10.1 Å². The van der Waals surface area contributed by atoms with Crippen LogP contribution in [0.15, 0.2) is 48.5 Å². The second kappa shape index (κ2) is 7.43. The van der Waals surface area contributed by atoms with Crippen molar-refractivity contribution in [1.29, 1.82) is 0 Å². The number of hydrogen-bond donors (Lipinski definition) is 1. The predicted molar refractivity (Wildman–Crippen MR) is 87.4 cm³/mol. The van der Waals surface area contributed by atoms with Crippen molar-refractivity contribution in [2.45, 2.75) is 13.0 Å². The molecule has 0 radical (unpaired) electrons. The van der Waals surface area contributed by atoms with Gasteiger partial charge in [-0.05, 0) is 43.8 Å². The maximum absolute atomic E-state index is 13.5. The Bertz CT molecular complexity index is 571. The van der Waals surface area contributed by atoms with Crippen LogP contribution in [0.25, 0.3) is 0 Å². The van der Waals surface area contributed by atoms with Gasteiger partial charge in [0.05, 0.1) is 5.69 Å². The van der Waals surface area contributed by atoms with Crippen molar-refractivity contribution >= 4 is 17.3 Å². The van der Waals surface area contributed by atoms with Crippen LogP contribution in [0.3, 0.4) is 0 Å². The van der Waals surface area contributed by atoms with E-state index in [1.807, 2.05) is 30.3 Å². The fourth-order valence-electron chi connectivity index (χ4n) is 2.16. The highest BCUT2D eigenvalue weighted by molar-refractivity contribution is 6.30. The summed E-state index contributed by atoms with van der Waals surface area (Å²) in [6.45, 7) is 3.65. The Morgan fingerprint density at radius 3 is 2.48 bits per heavy atom. The zero-order valence-corrected chi connectivity index (χ0v) is 13.1. The molecular weight excluding hydrogens is 287 g/mol. The molecule has 0 aliphatic rings. The van der Waals surface area contributed by atoms with Crippen molar-refractivity contribution in [3.8, 4) is 0 Å². The predicted octanol–water partition coefficient (Wildman–Crippen LogP) is 4.58. The summed E-state index contributed by atoms with van der Waals surface area (Å²) in [5.74, 6) is -0.217. The Labute approximate surface area is 130 Å². The van der Waals surface area contributed by atoms with Crippen molar-refractivity contribution in [3.63, 3.8) is 0 Å². The summed E-state index contributed by atoms with van der Waals surface area (Å²) < 4.78 is 13.5. The van der Waals surface area contributed by atoms with E-state index >= 15 is 0 Å². The maximum Gasteiger partial charge on any atom is 0.146 e. The molecule has 2 rings (SSSR count). The van der Waals surface area contributed by atoms with Gasteiger partial charge in [-0.3, -0.25) is 4.90 Å². The topological polar surface area (TPSA) is 15.3 Å². The number of nitrogens with one attached hydrogen (secondary N) is 1. The first-order valence-electron chi connectivity index (χ1n) is 7.02. The highest BCUT2D eigenvalue weighted by Gasteiger charge is 2.11. The summed E-state index contributed by atoms with van der Waals surface area (Å²) in [5.41, 5.74) is 1.76. The van der Waals surface area contributed by atoms with Crippen LogP contribution in [0.2, 0.25) is 5.02 Å². The van der Waals surface area contributed by atoms with Crippen LogP contribution in [-0.2, 0) is 0 Å². The molecule has 2 nitrogen and oxygen atoms in total. The minimum absolute atomic E-state index is 0.217. The van der Waals surface area contributed by atoms with Gasteiger partial charge in [0.15, 0.2) is 0 Å². The van der Waals surface area contributed by atoms with Gasteiger partial charge in [0.2, 0.25) is 0 Å². The van der Waals surface area contributed by atoms with E-state index < -0.39 is 0 Å². The van der Waals surface area contributed by atoms with Crippen LogP contribution in [0, 0.1) is 5.82 Å². The van der Waals surface area contributed by atoms with Crippen molar-refractivity contribution < 1.29 is 4.39 Å². The van der Waals surface area contributed by atoms with E-state index in [1.54, 1.807) is 12.1 Å². The zero-order valence-electron chi connectivity index (χ0n) is 12.3. The van der Waals surface area contributed by atoms with Gasteiger partial charge in [0.25, 0.3) is 0 Å². The largest absolute Gasteiger partial charge is 0.381 e. The summed E-state index contributed by atoms with van der Waals surface area (Å²) in [6, 6.07) is 14.9. The smallest absolute Gasteiger partial charge is 0.146 e. The summed E-state index contributed by atoms with van der Waals surface area (Å²) in [6.07, 6.45) is 0. The molecule has 1 unspecified atom stereocenters. The van der Waals surface area contributed by atoms with E-state index in [-0.39, 0.29) is 11.9 Å². The van der Waals surface area contributed by atoms with Crippen molar-refractivity contribution in [2.75, 3.05) is 25.5 Å². The Morgan fingerprint density at radius 2 is 1.81 bits per heavy atom. The van der Waals surface area contributed by atoms with E-state index in [2.05, 4.69) is 24.2 Å². The monoisotopic (exact) mass is 306 g/mol. The molecule has 1 atom stereocenters. The fraction of sp³-hybridized carbons (Fsp3) is 0.294. The number of para-hydroxylation sites is 1. The van der Waals surface area contributed by atoms with Crippen LogP contribution < -0.4 is 5.32 Å². The SMILES string of the molecule is CC(c1ccc(Cl)cc1)N(C)CCNc1ccccc1F. The number of rotatable bonds is 6. The van der Waals surface area contributed by atoms with Gasteiger partial charge in [-0.2, -0.15) is 0 Å². The van der Waals surface area contributed by atoms with Crippen molar-refractivity contribution in [3.05, 3.63) is 64.9 Å². The quantitative estimate of drug-likeness (QED) is 0.840. The van der Waals surface area contributed by atoms with Crippen LogP contribution in [0.1, 0.15) is 18.5 Å². The van der Waals surface area contributed by atoms with Crippen LogP contribution in [0.5, 0.6) is 0 Å². The molecular formula is C17H20ClFN2. The first-order valence-corrected chi connectivity index (χ1v) is 7.40. The molecule has 0 aromatic heterocycles. The summed E-state index contributed by atoms with van der Waals surface area (Å²) in [4.78, 5) is 2.22. The van der Waals surface area contributed by atoms with E-state index in [9.17, 15) is 4.39 Å². The van der Waals surface area contributed by atoms with E-state index in [4.69, 9.17) is 11.6 Å². The van der Waals surface area contributed by atoms with Gasteiger partial charge >= 0.3 is 0 Å². The normalized spacial score (nSPS) is 12.4. The molecule has 0 aliphatic carbocycles. The molecule has 0 saturated heterocycles. The number of likely N-dealkylation sites (N-methyl/N-ethyl adjacent to an activating group) is 1. The first kappa shape index (κ1) is 15.8. The lowest BCUT2D eigenvalue weighted by Crippen LogP contribution is -2.28. The molecule has 0 spiro atoms. The molecule has 0 amide bonds.